The lowest BCUT2D eigenvalue weighted by molar-refractivity contribution is 0.0897. The zero-order valence-electron chi connectivity index (χ0n) is 13.0. The number of carbonyl (C=O) groups is 1. The third kappa shape index (κ3) is 4.17. The van der Waals surface area contributed by atoms with E-state index in [2.05, 4.69) is 10.3 Å². The van der Waals surface area contributed by atoms with E-state index in [0.29, 0.717) is 11.7 Å². The molecule has 2 N–H and O–H groups in total. The minimum Gasteiger partial charge on any atom is -0.378 e. The van der Waals surface area contributed by atoms with E-state index in [1.54, 1.807) is 13.8 Å². The summed E-state index contributed by atoms with van der Waals surface area (Å²) in [7, 11) is 0. The fraction of sp³-hybridized carbons (Fsp3) is 0.625. The molecule has 0 aliphatic carbocycles. The molecule has 1 amide bonds. The van der Waals surface area contributed by atoms with Gasteiger partial charge in [-0.25, -0.2) is 0 Å². The average Bonchev–Trinajstić information content (AvgIpc) is 2.88. The van der Waals surface area contributed by atoms with Crippen LogP contribution in [0.1, 0.15) is 54.2 Å². The smallest absolute Gasteiger partial charge is 0.261 e. The summed E-state index contributed by atoms with van der Waals surface area (Å²) in [5.74, 6) is -0.298. The van der Waals surface area contributed by atoms with Crippen LogP contribution in [0.2, 0.25) is 0 Å². The van der Waals surface area contributed by atoms with Gasteiger partial charge < -0.3 is 15.0 Å². The number of hydrogen-bond acceptors (Lipinski definition) is 3. The zero-order chi connectivity index (χ0) is 15.4. The first-order valence-corrected chi connectivity index (χ1v) is 7.60. The van der Waals surface area contributed by atoms with Gasteiger partial charge in [-0.2, -0.15) is 0 Å². The maximum absolute atomic E-state index is 12.2. The van der Waals surface area contributed by atoms with Crippen molar-refractivity contribution in [3.8, 4) is 0 Å². The number of aromatic amines is 1. The largest absolute Gasteiger partial charge is 0.378 e. The summed E-state index contributed by atoms with van der Waals surface area (Å²) in [5, 5.41) is 2.91. The van der Waals surface area contributed by atoms with E-state index in [-0.39, 0.29) is 23.1 Å². The lowest BCUT2D eigenvalue weighted by Gasteiger charge is -2.16. The molecule has 1 aliphatic heterocycles. The molecule has 21 heavy (non-hydrogen) atoms. The van der Waals surface area contributed by atoms with Crippen LogP contribution in [0, 0.1) is 13.8 Å². The predicted molar refractivity (Wildman–Crippen MR) is 81.7 cm³/mol. The SMILES string of the molecule is Cc1cc(C)c(C(=O)NC(C)CCC2CCCO2)c(=O)[nH]1. The third-order valence-corrected chi connectivity index (χ3v) is 3.92. The van der Waals surface area contributed by atoms with Gasteiger partial charge in [0.25, 0.3) is 11.5 Å². The van der Waals surface area contributed by atoms with Crippen molar-refractivity contribution in [1.82, 2.24) is 10.3 Å². The molecule has 0 bridgehead atoms. The van der Waals surface area contributed by atoms with E-state index in [1.807, 2.05) is 13.0 Å². The Hall–Kier alpha value is -1.62. The fourth-order valence-corrected chi connectivity index (χ4v) is 2.81. The second kappa shape index (κ2) is 6.89. The molecule has 116 valence electrons. The molecule has 2 atom stereocenters. The van der Waals surface area contributed by atoms with Crippen LogP contribution in [0.3, 0.4) is 0 Å². The minimum absolute atomic E-state index is 0.0294. The Labute approximate surface area is 125 Å². The van der Waals surface area contributed by atoms with E-state index >= 15 is 0 Å². The molecule has 1 fully saturated rings. The number of nitrogens with one attached hydrogen (secondary N) is 2. The first-order valence-electron chi connectivity index (χ1n) is 7.60. The predicted octanol–water partition coefficient (Wildman–Crippen LogP) is 2.07. The summed E-state index contributed by atoms with van der Waals surface area (Å²) in [6.45, 7) is 6.41. The molecule has 1 saturated heterocycles. The van der Waals surface area contributed by atoms with Crippen LogP contribution in [-0.4, -0.2) is 29.6 Å². The molecule has 1 aromatic heterocycles. The molecular weight excluding hydrogens is 268 g/mol. The maximum Gasteiger partial charge on any atom is 0.261 e. The summed E-state index contributed by atoms with van der Waals surface area (Å²) < 4.78 is 5.58. The Morgan fingerprint density at radius 2 is 2.29 bits per heavy atom. The van der Waals surface area contributed by atoms with Crippen molar-refractivity contribution in [2.24, 2.45) is 0 Å². The molecule has 2 rings (SSSR count). The number of rotatable bonds is 5. The zero-order valence-corrected chi connectivity index (χ0v) is 13.0. The van der Waals surface area contributed by atoms with Crippen LogP contribution in [0.15, 0.2) is 10.9 Å². The molecule has 2 heterocycles. The van der Waals surface area contributed by atoms with E-state index in [1.165, 1.54) is 0 Å². The van der Waals surface area contributed by atoms with Gasteiger partial charge in [0.05, 0.1) is 6.10 Å². The molecule has 1 aliphatic rings. The number of aryl methyl sites for hydroxylation is 2. The number of ether oxygens (including phenoxy) is 1. The standard InChI is InChI=1S/C16H24N2O3/c1-10-9-12(3)18-16(20)14(10)15(19)17-11(2)6-7-13-5-4-8-21-13/h9,11,13H,4-8H2,1-3H3,(H,17,19)(H,18,20). The van der Waals surface area contributed by atoms with Gasteiger partial charge in [-0.3, -0.25) is 9.59 Å². The number of pyridine rings is 1. The highest BCUT2D eigenvalue weighted by Gasteiger charge is 2.19. The number of amides is 1. The fourth-order valence-electron chi connectivity index (χ4n) is 2.81. The number of carbonyl (C=O) groups excluding carboxylic acids is 1. The van der Waals surface area contributed by atoms with E-state index < -0.39 is 0 Å². The highest BCUT2D eigenvalue weighted by atomic mass is 16.5. The van der Waals surface area contributed by atoms with Crippen molar-refractivity contribution in [3.63, 3.8) is 0 Å². The Morgan fingerprint density at radius 1 is 1.52 bits per heavy atom. The van der Waals surface area contributed by atoms with Crippen LogP contribution >= 0.6 is 0 Å². The van der Waals surface area contributed by atoms with Gasteiger partial charge in [0, 0.05) is 18.3 Å². The summed E-state index contributed by atoms with van der Waals surface area (Å²) in [6, 6.07) is 1.84. The highest BCUT2D eigenvalue weighted by molar-refractivity contribution is 5.95. The quantitative estimate of drug-likeness (QED) is 0.872. The lowest BCUT2D eigenvalue weighted by Crippen LogP contribution is -2.37. The molecule has 0 aromatic carbocycles. The van der Waals surface area contributed by atoms with Gasteiger partial charge in [-0.1, -0.05) is 0 Å². The summed E-state index contributed by atoms with van der Waals surface area (Å²) in [6.07, 6.45) is 4.37. The molecule has 5 heteroatoms. The first kappa shape index (κ1) is 15.8. The van der Waals surface area contributed by atoms with Crippen molar-refractivity contribution in [3.05, 3.63) is 33.2 Å². The van der Waals surface area contributed by atoms with Gasteiger partial charge in [-0.05, 0) is 58.1 Å². The number of aromatic nitrogens is 1. The van der Waals surface area contributed by atoms with Crippen LogP contribution in [0.4, 0.5) is 0 Å². The maximum atomic E-state index is 12.2. The molecule has 5 nitrogen and oxygen atoms in total. The molecule has 0 saturated carbocycles. The van der Waals surface area contributed by atoms with E-state index in [9.17, 15) is 9.59 Å². The molecule has 1 aromatic rings. The molecule has 0 radical (unpaired) electrons. The Morgan fingerprint density at radius 3 is 2.90 bits per heavy atom. The molecule has 2 unspecified atom stereocenters. The van der Waals surface area contributed by atoms with Crippen molar-refractivity contribution < 1.29 is 9.53 Å². The minimum atomic E-state index is -0.323. The molecule has 0 spiro atoms. The van der Waals surface area contributed by atoms with Crippen LogP contribution in [0.5, 0.6) is 0 Å². The summed E-state index contributed by atoms with van der Waals surface area (Å²) >= 11 is 0. The van der Waals surface area contributed by atoms with Crippen molar-refractivity contribution in [1.29, 1.82) is 0 Å². The van der Waals surface area contributed by atoms with Gasteiger partial charge in [-0.15, -0.1) is 0 Å². The van der Waals surface area contributed by atoms with Crippen molar-refractivity contribution >= 4 is 5.91 Å². The highest BCUT2D eigenvalue weighted by Crippen LogP contribution is 2.17. The summed E-state index contributed by atoms with van der Waals surface area (Å²) in [5.41, 5.74) is 1.36. The van der Waals surface area contributed by atoms with E-state index in [4.69, 9.17) is 4.74 Å². The number of hydrogen-bond donors (Lipinski definition) is 2. The van der Waals surface area contributed by atoms with Crippen LogP contribution in [-0.2, 0) is 4.74 Å². The van der Waals surface area contributed by atoms with Gasteiger partial charge in [0.2, 0.25) is 0 Å². The lowest BCUT2D eigenvalue weighted by atomic mass is 10.1. The Balaban J connectivity index is 1.93. The normalized spacial score (nSPS) is 19.5. The first-order chi connectivity index (χ1) is 9.97. The van der Waals surface area contributed by atoms with E-state index in [0.717, 1.165) is 38.0 Å². The molecular formula is C16H24N2O3. The second-order valence-electron chi connectivity index (χ2n) is 5.93. The monoisotopic (exact) mass is 292 g/mol. The third-order valence-electron chi connectivity index (χ3n) is 3.92. The number of H-pyrrole nitrogens is 1. The van der Waals surface area contributed by atoms with Crippen LogP contribution in [0.25, 0.3) is 0 Å². The van der Waals surface area contributed by atoms with Crippen molar-refractivity contribution in [2.45, 2.75) is 58.6 Å². The Kier molecular flexibility index (Phi) is 5.17. The van der Waals surface area contributed by atoms with Crippen LogP contribution < -0.4 is 10.9 Å². The van der Waals surface area contributed by atoms with Gasteiger partial charge in [0.15, 0.2) is 0 Å². The topological polar surface area (TPSA) is 71.2 Å². The summed E-state index contributed by atoms with van der Waals surface area (Å²) in [4.78, 5) is 26.8. The average molecular weight is 292 g/mol. The Bertz CT molecular complexity index is 559. The van der Waals surface area contributed by atoms with Crippen molar-refractivity contribution in [2.75, 3.05) is 6.61 Å². The second-order valence-corrected chi connectivity index (χ2v) is 5.93. The van der Waals surface area contributed by atoms with Gasteiger partial charge >= 0.3 is 0 Å². The van der Waals surface area contributed by atoms with Gasteiger partial charge in [0.1, 0.15) is 5.56 Å².